The molecule has 0 heterocycles. The highest BCUT2D eigenvalue weighted by Gasteiger charge is 2.11. The molecule has 1 rings (SSSR count). The van der Waals surface area contributed by atoms with E-state index in [9.17, 15) is 4.79 Å². The Morgan fingerprint density at radius 2 is 2.15 bits per heavy atom. The third-order valence-electron chi connectivity index (χ3n) is 2.89. The minimum absolute atomic E-state index is 0.0253. The van der Waals surface area contributed by atoms with Crippen LogP contribution in [0.3, 0.4) is 0 Å². The first-order chi connectivity index (χ1) is 9.65. The number of hydrogen-bond donors (Lipinski definition) is 1. The Hall–Kier alpha value is -1.50. The molecule has 1 N–H and O–H groups in total. The number of rotatable bonds is 8. The highest BCUT2D eigenvalue weighted by molar-refractivity contribution is 6.27. The van der Waals surface area contributed by atoms with Crippen LogP contribution in [0.15, 0.2) is 24.3 Å². The van der Waals surface area contributed by atoms with E-state index in [2.05, 4.69) is 42.4 Å². The number of aryl methyl sites for hydroxylation is 1. The van der Waals surface area contributed by atoms with Gasteiger partial charge in [0.2, 0.25) is 5.91 Å². The molecule has 4 heteroatoms. The fourth-order valence-electron chi connectivity index (χ4n) is 1.84. The van der Waals surface area contributed by atoms with Crippen molar-refractivity contribution in [1.82, 2.24) is 5.32 Å². The molecule has 0 aliphatic carbocycles. The van der Waals surface area contributed by atoms with Crippen molar-refractivity contribution in [3.8, 4) is 12.3 Å². The molecule has 1 aromatic carbocycles. The predicted octanol–water partition coefficient (Wildman–Crippen LogP) is 2.16. The van der Waals surface area contributed by atoms with E-state index in [1.807, 2.05) is 0 Å². The standard InChI is InChI=1S/C16H20ClNO2/c1-3-8-20-12-15(11-18-16(19)10-17)9-14-6-4-13(2)5-7-14/h1,4-7,15H,8-12H2,2H3,(H,18,19). The van der Waals surface area contributed by atoms with Crippen LogP contribution >= 0.6 is 11.6 Å². The van der Waals surface area contributed by atoms with Crippen molar-refractivity contribution in [2.45, 2.75) is 13.3 Å². The van der Waals surface area contributed by atoms with E-state index in [0.717, 1.165) is 6.42 Å². The number of nitrogens with one attached hydrogen (secondary N) is 1. The van der Waals surface area contributed by atoms with Gasteiger partial charge in [-0.1, -0.05) is 35.7 Å². The summed E-state index contributed by atoms with van der Waals surface area (Å²) in [5.41, 5.74) is 2.44. The first kappa shape index (κ1) is 16.6. The van der Waals surface area contributed by atoms with Crippen molar-refractivity contribution in [3.05, 3.63) is 35.4 Å². The van der Waals surface area contributed by atoms with Crippen LogP contribution in [-0.4, -0.2) is 31.5 Å². The van der Waals surface area contributed by atoms with Gasteiger partial charge >= 0.3 is 0 Å². The normalized spacial score (nSPS) is 11.7. The molecule has 20 heavy (non-hydrogen) atoms. The average molecular weight is 294 g/mol. The number of ether oxygens (including phenoxy) is 1. The number of alkyl halides is 1. The smallest absolute Gasteiger partial charge is 0.234 e. The van der Waals surface area contributed by atoms with Gasteiger partial charge in [0.15, 0.2) is 0 Å². The maximum atomic E-state index is 11.2. The molecule has 0 aliphatic heterocycles. The fraction of sp³-hybridized carbons (Fsp3) is 0.438. The van der Waals surface area contributed by atoms with Gasteiger partial charge in [0.05, 0.1) is 6.61 Å². The Labute approximate surface area is 125 Å². The summed E-state index contributed by atoms with van der Waals surface area (Å²) in [5, 5.41) is 2.79. The molecule has 108 valence electrons. The second-order valence-corrected chi connectivity index (χ2v) is 4.98. The maximum Gasteiger partial charge on any atom is 0.234 e. The number of hydrogen-bond acceptors (Lipinski definition) is 2. The van der Waals surface area contributed by atoms with Crippen molar-refractivity contribution >= 4 is 17.5 Å². The number of carbonyl (C=O) groups excluding carboxylic acids is 1. The molecule has 0 radical (unpaired) electrons. The highest BCUT2D eigenvalue weighted by Crippen LogP contribution is 2.10. The summed E-state index contributed by atoms with van der Waals surface area (Å²) < 4.78 is 5.39. The van der Waals surface area contributed by atoms with Gasteiger partial charge in [-0.15, -0.1) is 18.0 Å². The van der Waals surface area contributed by atoms with Crippen molar-refractivity contribution in [1.29, 1.82) is 0 Å². The molecule has 0 fully saturated rings. The number of carbonyl (C=O) groups is 1. The predicted molar refractivity (Wildman–Crippen MR) is 81.8 cm³/mol. The van der Waals surface area contributed by atoms with Gasteiger partial charge in [-0.2, -0.15) is 0 Å². The highest BCUT2D eigenvalue weighted by atomic mass is 35.5. The van der Waals surface area contributed by atoms with E-state index in [0.29, 0.717) is 13.2 Å². The first-order valence-electron chi connectivity index (χ1n) is 6.55. The molecule has 1 amide bonds. The molecule has 1 unspecified atom stereocenters. The topological polar surface area (TPSA) is 38.3 Å². The summed E-state index contributed by atoms with van der Waals surface area (Å²) in [6, 6.07) is 8.33. The van der Waals surface area contributed by atoms with Crippen LogP contribution in [0.25, 0.3) is 0 Å². The van der Waals surface area contributed by atoms with Crippen LogP contribution in [0.5, 0.6) is 0 Å². The van der Waals surface area contributed by atoms with Crippen molar-refractivity contribution in [3.63, 3.8) is 0 Å². The van der Waals surface area contributed by atoms with E-state index in [4.69, 9.17) is 22.8 Å². The van der Waals surface area contributed by atoms with Crippen LogP contribution < -0.4 is 5.32 Å². The number of benzene rings is 1. The van der Waals surface area contributed by atoms with Crippen LogP contribution in [-0.2, 0) is 16.0 Å². The van der Waals surface area contributed by atoms with E-state index in [1.54, 1.807) is 0 Å². The van der Waals surface area contributed by atoms with Crippen molar-refractivity contribution in [2.24, 2.45) is 5.92 Å². The lowest BCUT2D eigenvalue weighted by Crippen LogP contribution is -2.33. The third kappa shape index (κ3) is 6.60. The van der Waals surface area contributed by atoms with E-state index >= 15 is 0 Å². The van der Waals surface area contributed by atoms with E-state index < -0.39 is 0 Å². The third-order valence-corrected chi connectivity index (χ3v) is 3.14. The van der Waals surface area contributed by atoms with Gasteiger partial charge in [-0.3, -0.25) is 4.79 Å². The van der Waals surface area contributed by atoms with Crippen LogP contribution in [0.1, 0.15) is 11.1 Å². The van der Waals surface area contributed by atoms with Gasteiger partial charge in [-0.05, 0) is 18.9 Å². The Morgan fingerprint density at radius 3 is 2.75 bits per heavy atom. The Kier molecular flexibility index (Phi) is 7.79. The second-order valence-electron chi connectivity index (χ2n) is 4.71. The minimum atomic E-state index is -0.169. The molecular weight excluding hydrogens is 274 g/mol. The van der Waals surface area contributed by atoms with E-state index in [1.165, 1.54) is 11.1 Å². The molecule has 3 nitrogen and oxygen atoms in total. The summed E-state index contributed by atoms with van der Waals surface area (Å²) in [7, 11) is 0. The quantitative estimate of drug-likeness (QED) is 0.453. The van der Waals surface area contributed by atoms with Gasteiger partial charge in [-0.25, -0.2) is 0 Å². The Balaban J connectivity index is 2.54. The lowest BCUT2D eigenvalue weighted by Gasteiger charge is -2.17. The number of amides is 1. The zero-order valence-electron chi connectivity index (χ0n) is 11.7. The summed E-state index contributed by atoms with van der Waals surface area (Å²) in [5.74, 6) is 2.42. The van der Waals surface area contributed by atoms with E-state index in [-0.39, 0.29) is 24.3 Å². The van der Waals surface area contributed by atoms with Crippen molar-refractivity contribution in [2.75, 3.05) is 25.6 Å². The molecule has 0 spiro atoms. The van der Waals surface area contributed by atoms with Crippen LogP contribution in [0.2, 0.25) is 0 Å². The summed E-state index contributed by atoms with van der Waals surface area (Å²) >= 11 is 5.47. The van der Waals surface area contributed by atoms with Crippen LogP contribution in [0.4, 0.5) is 0 Å². The molecule has 0 saturated carbocycles. The van der Waals surface area contributed by atoms with Gasteiger partial charge in [0.25, 0.3) is 0 Å². The lowest BCUT2D eigenvalue weighted by atomic mass is 9.99. The molecule has 0 aliphatic rings. The van der Waals surface area contributed by atoms with Gasteiger partial charge in [0.1, 0.15) is 12.5 Å². The first-order valence-corrected chi connectivity index (χ1v) is 7.08. The summed E-state index contributed by atoms with van der Waals surface area (Å²) in [6.07, 6.45) is 5.99. The minimum Gasteiger partial charge on any atom is -0.368 e. The molecule has 0 bridgehead atoms. The lowest BCUT2D eigenvalue weighted by molar-refractivity contribution is -0.118. The summed E-state index contributed by atoms with van der Waals surface area (Å²) in [6.45, 7) is 3.39. The average Bonchev–Trinajstić information content (AvgIpc) is 2.46. The monoisotopic (exact) mass is 293 g/mol. The van der Waals surface area contributed by atoms with Gasteiger partial charge < -0.3 is 10.1 Å². The SMILES string of the molecule is C#CCOCC(CNC(=O)CCl)Cc1ccc(C)cc1. The molecular formula is C16H20ClNO2. The molecule has 1 aromatic rings. The number of halogens is 1. The largest absolute Gasteiger partial charge is 0.368 e. The summed E-state index contributed by atoms with van der Waals surface area (Å²) in [4.78, 5) is 11.2. The van der Waals surface area contributed by atoms with Gasteiger partial charge in [0, 0.05) is 12.5 Å². The second kappa shape index (κ2) is 9.41. The zero-order chi connectivity index (χ0) is 14.8. The van der Waals surface area contributed by atoms with Crippen LogP contribution in [0, 0.1) is 25.2 Å². The fourth-order valence-corrected chi connectivity index (χ4v) is 1.93. The molecule has 0 aromatic heterocycles. The zero-order valence-corrected chi connectivity index (χ0v) is 12.5. The Bertz CT molecular complexity index is 451. The Morgan fingerprint density at radius 1 is 1.45 bits per heavy atom. The van der Waals surface area contributed by atoms with Crippen molar-refractivity contribution < 1.29 is 9.53 Å². The molecule has 1 atom stereocenters. The maximum absolute atomic E-state index is 11.2. The number of terminal acetylenes is 1. The molecule has 0 saturated heterocycles.